The summed E-state index contributed by atoms with van der Waals surface area (Å²) in [6.45, 7) is 17.4. The maximum Gasteiger partial charge on any atom is 0.151 e. The van der Waals surface area contributed by atoms with Gasteiger partial charge in [-0.1, -0.05) is 87.4 Å². The fourth-order valence-corrected chi connectivity index (χ4v) is 8.26. The predicted octanol–water partition coefficient (Wildman–Crippen LogP) is 7.82. The molecule has 0 aliphatic heterocycles. The molecule has 2 aromatic carbocycles. The van der Waals surface area contributed by atoms with Crippen LogP contribution in [0.2, 0.25) is 0 Å². The van der Waals surface area contributed by atoms with Crippen LogP contribution in [0.1, 0.15) is 83.9 Å². The van der Waals surface area contributed by atoms with Crippen molar-refractivity contribution >= 4 is 19.7 Å². The second kappa shape index (κ2) is 15.7. The summed E-state index contributed by atoms with van der Waals surface area (Å²) in [5.74, 6) is 0.471. The largest absolute Gasteiger partial charge is 0.308 e. The SMILES string of the molecule is Cc1ccc(-c2c(CS(C)(=O)=O)c(C)nc(CC(C)C)c2CNCc2c(CC(C)C)nc(C)c(CS(C)(=O)=O)c2-c2ccc(C)cc2)cc1. The predicted molar refractivity (Wildman–Crippen MR) is 203 cm³/mol. The van der Waals surface area contributed by atoms with Gasteiger partial charge in [0.2, 0.25) is 0 Å². The summed E-state index contributed by atoms with van der Waals surface area (Å²) in [5, 5.41) is 3.73. The van der Waals surface area contributed by atoms with Crippen molar-refractivity contribution in [2.24, 2.45) is 11.8 Å². The summed E-state index contributed by atoms with van der Waals surface area (Å²) in [6, 6.07) is 16.5. The molecule has 0 radical (unpaired) electrons. The van der Waals surface area contributed by atoms with E-state index in [1.807, 2.05) is 27.7 Å². The zero-order chi connectivity index (χ0) is 36.3. The molecular weight excluding hydrogens is 651 g/mol. The number of pyridine rings is 2. The summed E-state index contributed by atoms with van der Waals surface area (Å²) in [7, 11) is -6.71. The van der Waals surface area contributed by atoms with Crippen LogP contribution in [0.4, 0.5) is 0 Å². The van der Waals surface area contributed by atoms with E-state index in [4.69, 9.17) is 9.97 Å². The molecule has 0 spiro atoms. The number of sulfone groups is 2. The van der Waals surface area contributed by atoms with Crippen molar-refractivity contribution in [1.29, 1.82) is 0 Å². The number of hydrogen-bond donors (Lipinski definition) is 1. The second-order valence-corrected chi connectivity index (χ2v) is 18.9. The molecule has 7 nitrogen and oxygen atoms in total. The zero-order valence-corrected chi connectivity index (χ0v) is 32.5. The maximum atomic E-state index is 12.7. The first-order valence-corrected chi connectivity index (χ1v) is 21.2. The minimum Gasteiger partial charge on any atom is -0.308 e. The Bertz CT molecular complexity index is 1870. The van der Waals surface area contributed by atoms with Gasteiger partial charge in [-0.3, -0.25) is 9.97 Å². The number of nitrogens with zero attached hydrogens (tertiary/aromatic N) is 2. The lowest BCUT2D eigenvalue weighted by molar-refractivity contribution is 0.598. The summed E-state index contributed by atoms with van der Waals surface area (Å²) < 4.78 is 51.0. The highest BCUT2D eigenvalue weighted by Crippen LogP contribution is 2.36. The molecular formula is C40H53N3O4S2. The Morgan fingerprint density at radius 2 is 0.878 bits per heavy atom. The van der Waals surface area contributed by atoms with Gasteiger partial charge in [0.1, 0.15) is 0 Å². The Morgan fingerprint density at radius 3 is 1.16 bits per heavy atom. The molecule has 0 fully saturated rings. The van der Waals surface area contributed by atoms with E-state index < -0.39 is 19.7 Å². The topological polar surface area (TPSA) is 106 Å². The Balaban J connectivity index is 1.94. The molecule has 0 aliphatic rings. The van der Waals surface area contributed by atoms with Crippen molar-refractivity contribution < 1.29 is 16.8 Å². The molecule has 264 valence electrons. The van der Waals surface area contributed by atoms with Crippen LogP contribution in [0.3, 0.4) is 0 Å². The number of aromatic nitrogens is 2. The van der Waals surface area contributed by atoms with E-state index in [1.54, 1.807) is 0 Å². The number of aryl methyl sites for hydroxylation is 4. The maximum absolute atomic E-state index is 12.7. The third kappa shape index (κ3) is 10.3. The summed E-state index contributed by atoms with van der Waals surface area (Å²) in [5.41, 5.74) is 12.8. The normalized spacial score (nSPS) is 12.3. The highest BCUT2D eigenvalue weighted by molar-refractivity contribution is 7.90. The van der Waals surface area contributed by atoms with E-state index in [9.17, 15) is 16.8 Å². The molecule has 2 heterocycles. The number of benzene rings is 2. The third-order valence-corrected chi connectivity index (χ3v) is 10.3. The summed E-state index contributed by atoms with van der Waals surface area (Å²) >= 11 is 0. The van der Waals surface area contributed by atoms with Crippen molar-refractivity contribution in [2.45, 2.75) is 92.8 Å². The molecule has 1 N–H and O–H groups in total. The van der Waals surface area contributed by atoms with Gasteiger partial charge in [-0.15, -0.1) is 0 Å². The van der Waals surface area contributed by atoms with E-state index in [1.165, 1.54) is 12.5 Å². The van der Waals surface area contributed by atoms with Crippen LogP contribution in [0, 0.1) is 39.5 Å². The van der Waals surface area contributed by atoms with Gasteiger partial charge in [-0.05, 0) is 96.9 Å². The van der Waals surface area contributed by atoms with E-state index in [-0.39, 0.29) is 11.5 Å². The van der Waals surface area contributed by atoms with E-state index in [0.29, 0.717) is 24.9 Å². The molecule has 0 bridgehead atoms. The fourth-order valence-electron chi connectivity index (χ4n) is 6.51. The molecule has 0 saturated heterocycles. The van der Waals surface area contributed by atoms with Crippen LogP contribution < -0.4 is 5.32 Å². The van der Waals surface area contributed by atoms with Crippen LogP contribution >= 0.6 is 0 Å². The van der Waals surface area contributed by atoms with Crippen LogP contribution in [-0.4, -0.2) is 39.3 Å². The van der Waals surface area contributed by atoms with Crippen molar-refractivity contribution in [3.63, 3.8) is 0 Å². The standard InChI is InChI=1S/C40H53N3O4S2/c1-25(2)19-37-33(39(31-15-11-27(5)12-16-31)35(29(7)42-37)23-48(9,44)45)21-41-22-34-38(20-26(3)4)43-30(8)36(24-49(10,46)47)40(34)32-17-13-28(6)14-18-32/h11-18,25-26,41H,19-24H2,1-10H3. The Labute approximate surface area is 294 Å². The lowest BCUT2D eigenvalue weighted by Crippen LogP contribution is -2.22. The summed E-state index contributed by atoms with van der Waals surface area (Å²) in [4.78, 5) is 10.1. The quantitative estimate of drug-likeness (QED) is 0.143. The molecule has 2 aromatic heterocycles. The van der Waals surface area contributed by atoms with Crippen molar-refractivity contribution in [3.05, 3.63) is 105 Å². The first-order chi connectivity index (χ1) is 22.8. The average Bonchev–Trinajstić information content (AvgIpc) is 2.96. The van der Waals surface area contributed by atoms with Gasteiger partial charge in [-0.2, -0.15) is 0 Å². The molecule has 0 unspecified atom stereocenters. The van der Waals surface area contributed by atoms with Gasteiger partial charge in [0.25, 0.3) is 0 Å². The molecule has 0 atom stereocenters. The lowest BCUT2D eigenvalue weighted by atomic mass is 9.89. The number of rotatable bonds is 14. The highest BCUT2D eigenvalue weighted by Gasteiger charge is 2.25. The fraction of sp³-hybridized carbons (Fsp3) is 0.450. The third-order valence-electron chi connectivity index (χ3n) is 8.68. The minimum atomic E-state index is -3.35. The van der Waals surface area contributed by atoms with Gasteiger partial charge in [0, 0.05) is 48.4 Å². The first kappa shape index (κ1) is 38.4. The van der Waals surface area contributed by atoms with E-state index in [0.717, 1.165) is 91.3 Å². The van der Waals surface area contributed by atoms with Gasteiger partial charge < -0.3 is 5.32 Å². The van der Waals surface area contributed by atoms with E-state index >= 15 is 0 Å². The van der Waals surface area contributed by atoms with Crippen LogP contribution in [-0.2, 0) is 57.1 Å². The first-order valence-electron chi connectivity index (χ1n) is 17.1. The van der Waals surface area contributed by atoms with Gasteiger partial charge >= 0.3 is 0 Å². The number of nitrogens with one attached hydrogen (secondary N) is 1. The molecule has 0 aliphatic carbocycles. The van der Waals surface area contributed by atoms with Crippen molar-refractivity contribution in [3.8, 4) is 22.3 Å². The monoisotopic (exact) mass is 703 g/mol. The minimum absolute atomic E-state index is 0.100. The molecule has 4 rings (SSSR count). The van der Waals surface area contributed by atoms with Crippen molar-refractivity contribution in [2.75, 3.05) is 12.5 Å². The van der Waals surface area contributed by atoms with Crippen LogP contribution in [0.25, 0.3) is 22.3 Å². The molecule has 9 heteroatoms. The molecule has 0 amide bonds. The van der Waals surface area contributed by atoms with Crippen LogP contribution in [0.15, 0.2) is 48.5 Å². The zero-order valence-electron chi connectivity index (χ0n) is 30.9. The molecule has 4 aromatic rings. The van der Waals surface area contributed by atoms with Crippen molar-refractivity contribution in [1.82, 2.24) is 15.3 Å². The lowest BCUT2D eigenvalue weighted by Gasteiger charge is -2.24. The Morgan fingerprint density at radius 1 is 0.551 bits per heavy atom. The Kier molecular flexibility index (Phi) is 12.3. The van der Waals surface area contributed by atoms with Crippen LogP contribution in [0.5, 0.6) is 0 Å². The highest BCUT2D eigenvalue weighted by atomic mass is 32.2. The summed E-state index contributed by atoms with van der Waals surface area (Å²) in [6.07, 6.45) is 4.03. The molecule has 0 saturated carbocycles. The van der Waals surface area contributed by atoms with E-state index in [2.05, 4.69) is 81.5 Å². The second-order valence-electron chi connectivity index (χ2n) is 14.6. The number of hydrogen-bond acceptors (Lipinski definition) is 7. The van der Waals surface area contributed by atoms with Gasteiger partial charge in [0.05, 0.1) is 11.5 Å². The smallest absolute Gasteiger partial charge is 0.151 e. The molecule has 49 heavy (non-hydrogen) atoms. The van der Waals surface area contributed by atoms with Gasteiger partial charge in [-0.25, -0.2) is 16.8 Å². The van der Waals surface area contributed by atoms with Gasteiger partial charge in [0.15, 0.2) is 19.7 Å². The average molecular weight is 704 g/mol. The Hall–Kier alpha value is -3.40.